The molecule has 5 N–H and O–H groups in total. The van der Waals surface area contributed by atoms with Gasteiger partial charge in [0, 0.05) is 17.6 Å². The van der Waals surface area contributed by atoms with E-state index in [-0.39, 0.29) is 5.75 Å². The highest BCUT2D eigenvalue weighted by Crippen LogP contribution is 2.34. The molecule has 1 aliphatic rings. The number of rotatable bonds is 5. The average Bonchev–Trinajstić information content (AvgIpc) is 3.12. The second-order valence-corrected chi connectivity index (χ2v) is 7.62. The SMILES string of the molecule is Cc1ccc(Cc2c[nH]c3cc(F)cc(O[C@@H]4O[C@H](CO)[C@@H](O)[C@H](O)[C@H]4O)c23)cc1. The van der Waals surface area contributed by atoms with Crippen LogP contribution in [-0.4, -0.2) is 62.7 Å². The molecule has 0 saturated carbocycles. The van der Waals surface area contributed by atoms with Crippen molar-refractivity contribution in [3.05, 3.63) is 65.1 Å². The molecule has 4 rings (SSSR count). The maximum Gasteiger partial charge on any atom is 0.229 e. The molecule has 0 aliphatic carbocycles. The Kier molecular flexibility index (Phi) is 5.77. The van der Waals surface area contributed by atoms with Crippen molar-refractivity contribution in [2.45, 2.75) is 44.1 Å². The van der Waals surface area contributed by atoms with Crippen molar-refractivity contribution in [2.24, 2.45) is 0 Å². The first-order valence-corrected chi connectivity index (χ1v) is 9.69. The van der Waals surface area contributed by atoms with Gasteiger partial charge in [0.2, 0.25) is 6.29 Å². The van der Waals surface area contributed by atoms with Gasteiger partial charge in [-0.25, -0.2) is 4.39 Å². The molecule has 1 saturated heterocycles. The number of benzene rings is 2. The number of hydrogen-bond acceptors (Lipinski definition) is 6. The predicted molar refractivity (Wildman–Crippen MR) is 107 cm³/mol. The minimum atomic E-state index is -1.58. The van der Waals surface area contributed by atoms with E-state index >= 15 is 0 Å². The first-order chi connectivity index (χ1) is 14.4. The molecule has 1 fully saturated rings. The number of fused-ring (bicyclic) bond motifs is 1. The topological polar surface area (TPSA) is 115 Å². The molecule has 2 aromatic carbocycles. The Labute approximate surface area is 172 Å². The summed E-state index contributed by atoms with van der Waals surface area (Å²) in [7, 11) is 0. The largest absolute Gasteiger partial charge is 0.461 e. The number of aryl methyl sites for hydroxylation is 1. The summed E-state index contributed by atoms with van der Waals surface area (Å²) in [6.07, 6.45) is -4.84. The van der Waals surface area contributed by atoms with E-state index in [1.165, 1.54) is 12.1 Å². The van der Waals surface area contributed by atoms with Crippen molar-refractivity contribution in [3.63, 3.8) is 0 Å². The number of nitrogens with one attached hydrogen (secondary N) is 1. The van der Waals surface area contributed by atoms with Crippen LogP contribution in [-0.2, 0) is 11.2 Å². The molecule has 1 aliphatic heterocycles. The first-order valence-electron chi connectivity index (χ1n) is 9.69. The molecule has 0 amide bonds. The van der Waals surface area contributed by atoms with Gasteiger partial charge >= 0.3 is 0 Å². The molecule has 5 atom stereocenters. The third-order valence-corrected chi connectivity index (χ3v) is 5.40. The number of aliphatic hydroxyl groups excluding tert-OH is 4. The second-order valence-electron chi connectivity index (χ2n) is 7.62. The van der Waals surface area contributed by atoms with Crippen LogP contribution in [0.15, 0.2) is 42.6 Å². The van der Waals surface area contributed by atoms with Crippen molar-refractivity contribution in [1.29, 1.82) is 0 Å². The van der Waals surface area contributed by atoms with Gasteiger partial charge in [0.15, 0.2) is 0 Å². The lowest BCUT2D eigenvalue weighted by molar-refractivity contribution is -0.277. The maximum atomic E-state index is 14.2. The Bertz CT molecular complexity index is 1020. The summed E-state index contributed by atoms with van der Waals surface area (Å²) in [5.41, 5.74) is 3.57. The third kappa shape index (κ3) is 3.92. The molecule has 160 valence electrons. The van der Waals surface area contributed by atoms with E-state index in [1.807, 2.05) is 31.2 Å². The molecule has 0 spiro atoms. The summed E-state index contributed by atoms with van der Waals surface area (Å²) < 4.78 is 25.3. The quantitative estimate of drug-likeness (QED) is 0.429. The fourth-order valence-electron chi connectivity index (χ4n) is 3.71. The van der Waals surface area contributed by atoms with Gasteiger partial charge in [0.25, 0.3) is 0 Å². The monoisotopic (exact) mass is 417 g/mol. The number of aliphatic hydroxyl groups is 4. The molecule has 8 heteroatoms. The predicted octanol–water partition coefficient (Wildman–Crippen LogP) is 1.38. The highest BCUT2D eigenvalue weighted by Gasteiger charge is 2.44. The Balaban J connectivity index is 1.68. The van der Waals surface area contributed by atoms with Crippen LogP contribution in [0, 0.1) is 12.7 Å². The van der Waals surface area contributed by atoms with E-state index in [1.54, 1.807) is 6.20 Å². The van der Waals surface area contributed by atoms with Gasteiger partial charge < -0.3 is 34.9 Å². The van der Waals surface area contributed by atoms with Crippen LogP contribution >= 0.6 is 0 Å². The van der Waals surface area contributed by atoms with Crippen LogP contribution in [0.4, 0.5) is 4.39 Å². The number of aromatic nitrogens is 1. The van der Waals surface area contributed by atoms with Crippen LogP contribution in [0.1, 0.15) is 16.7 Å². The molecule has 7 nitrogen and oxygen atoms in total. The zero-order chi connectivity index (χ0) is 21.4. The van der Waals surface area contributed by atoms with E-state index in [0.29, 0.717) is 17.3 Å². The average molecular weight is 417 g/mol. The summed E-state index contributed by atoms with van der Waals surface area (Å²) in [4.78, 5) is 3.03. The molecule has 0 radical (unpaired) electrons. The van der Waals surface area contributed by atoms with E-state index in [9.17, 15) is 24.8 Å². The fraction of sp³-hybridized carbons (Fsp3) is 0.364. The fourth-order valence-corrected chi connectivity index (χ4v) is 3.71. The molecular weight excluding hydrogens is 393 g/mol. The van der Waals surface area contributed by atoms with E-state index < -0.39 is 43.1 Å². The molecule has 0 bridgehead atoms. The molecular formula is C22H24FNO6. The van der Waals surface area contributed by atoms with Crippen LogP contribution in [0.3, 0.4) is 0 Å². The zero-order valence-electron chi connectivity index (χ0n) is 16.3. The molecule has 3 aromatic rings. The Hall–Kier alpha value is -2.49. The van der Waals surface area contributed by atoms with E-state index in [4.69, 9.17) is 9.47 Å². The lowest BCUT2D eigenvalue weighted by atomic mass is 9.99. The van der Waals surface area contributed by atoms with E-state index in [0.717, 1.165) is 16.7 Å². The van der Waals surface area contributed by atoms with Gasteiger partial charge in [-0.05, 0) is 30.5 Å². The molecule has 1 aromatic heterocycles. The van der Waals surface area contributed by atoms with Crippen LogP contribution in [0.5, 0.6) is 5.75 Å². The summed E-state index contributed by atoms with van der Waals surface area (Å²) in [6.45, 7) is 1.43. The van der Waals surface area contributed by atoms with Crippen molar-refractivity contribution in [3.8, 4) is 5.75 Å². The van der Waals surface area contributed by atoms with Gasteiger partial charge in [-0.3, -0.25) is 0 Å². The van der Waals surface area contributed by atoms with Crippen molar-refractivity contribution < 1.29 is 34.3 Å². The summed E-state index contributed by atoms with van der Waals surface area (Å²) >= 11 is 0. The van der Waals surface area contributed by atoms with Gasteiger partial charge in [0.1, 0.15) is 36.0 Å². The lowest BCUT2D eigenvalue weighted by Gasteiger charge is -2.39. The van der Waals surface area contributed by atoms with Crippen LogP contribution in [0.2, 0.25) is 0 Å². The third-order valence-electron chi connectivity index (χ3n) is 5.40. The van der Waals surface area contributed by atoms with Crippen LogP contribution < -0.4 is 4.74 Å². The standard InChI is InChI=1S/C22H24FNO6/c1-11-2-4-12(5-3-11)6-13-9-24-15-7-14(23)8-16(18(13)15)29-22-21(28)20(27)19(26)17(10-25)30-22/h2-5,7-9,17,19-22,24-28H,6,10H2,1H3/t17-,19-,20+,21-,22-/m1/s1. The normalized spacial score (nSPS) is 26.8. The molecule has 2 heterocycles. The summed E-state index contributed by atoms with van der Waals surface area (Å²) in [6, 6.07) is 10.6. The van der Waals surface area contributed by atoms with Gasteiger partial charge in [-0.15, -0.1) is 0 Å². The first kappa shape index (κ1) is 20.8. The van der Waals surface area contributed by atoms with Crippen molar-refractivity contribution in [1.82, 2.24) is 4.98 Å². The smallest absolute Gasteiger partial charge is 0.229 e. The highest BCUT2D eigenvalue weighted by atomic mass is 19.1. The number of halogens is 1. The lowest BCUT2D eigenvalue weighted by Crippen LogP contribution is -2.60. The maximum absolute atomic E-state index is 14.2. The van der Waals surface area contributed by atoms with Gasteiger partial charge in [0.05, 0.1) is 12.1 Å². The van der Waals surface area contributed by atoms with E-state index in [2.05, 4.69) is 4.98 Å². The Morgan fingerprint density at radius 2 is 1.80 bits per heavy atom. The van der Waals surface area contributed by atoms with Crippen LogP contribution in [0.25, 0.3) is 10.9 Å². The summed E-state index contributed by atoms with van der Waals surface area (Å²) in [5.74, 6) is -0.427. The second kappa shape index (κ2) is 8.33. The number of aromatic amines is 1. The molecule has 30 heavy (non-hydrogen) atoms. The summed E-state index contributed by atoms with van der Waals surface area (Å²) in [5, 5.41) is 40.2. The Morgan fingerprint density at radius 1 is 1.07 bits per heavy atom. The zero-order valence-corrected chi connectivity index (χ0v) is 16.3. The highest BCUT2D eigenvalue weighted by molar-refractivity contribution is 5.89. The van der Waals surface area contributed by atoms with Crippen molar-refractivity contribution in [2.75, 3.05) is 6.61 Å². The number of ether oxygens (including phenoxy) is 2. The molecule has 0 unspecified atom stereocenters. The van der Waals surface area contributed by atoms with Gasteiger partial charge in [-0.1, -0.05) is 29.8 Å². The minimum absolute atomic E-state index is 0.123. The minimum Gasteiger partial charge on any atom is -0.461 e. The van der Waals surface area contributed by atoms with Gasteiger partial charge in [-0.2, -0.15) is 0 Å². The number of H-pyrrole nitrogens is 1. The van der Waals surface area contributed by atoms with Crippen molar-refractivity contribution >= 4 is 10.9 Å². The number of hydrogen-bond donors (Lipinski definition) is 5. The Morgan fingerprint density at radius 3 is 2.50 bits per heavy atom.